The van der Waals surface area contributed by atoms with Crippen LogP contribution in [0.2, 0.25) is 0 Å². The summed E-state index contributed by atoms with van der Waals surface area (Å²) in [6.45, 7) is 0. The van der Waals surface area contributed by atoms with Crippen molar-refractivity contribution in [1.82, 2.24) is 5.32 Å². The first kappa shape index (κ1) is 16.3. The normalized spacial score (nSPS) is 17.0. The third-order valence-corrected chi connectivity index (χ3v) is 4.89. The number of carbonyl (C=O) groups excluding carboxylic acids is 2. The van der Waals surface area contributed by atoms with E-state index in [1.165, 1.54) is 12.7 Å². The second-order valence-electron chi connectivity index (χ2n) is 5.42. The first-order valence-corrected chi connectivity index (χ1v) is 8.70. The molecule has 21 heavy (non-hydrogen) atoms. The fourth-order valence-electron chi connectivity index (χ4n) is 2.77. The topological polar surface area (TPSA) is 55.4 Å². The SMILES string of the molecule is COC(=O)C1(NC(=O)c2ccc(CI)cc2)CCCCC1. The molecular formula is C16H20INO3. The molecular weight excluding hydrogens is 381 g/mol. The Bertz CT molecular complexity index is 507. The van der Waals surface area contributed by atoms with Crippen LogP contribution < -0.4 is 5.32 Å². The van der Waals surface area contributed by atoms with Crippen LogP contribution in [0.3, 0.4) is 0 Å². The number of ether oxygens (including phenoxy) is 1. The fourth-order valence-corrected chi connectivity index (χ4v) is 3.27. The molecule has 2 rings (SSSR count). The average molecular weight is 401 g/mol. The van der Waals surface area contributed by atoms with Gasteiger partial charge in [0, 0.05) is 9.99 Å². The van der Waals surface area contributed by atoms with Crippen molar-refractivity contribution in [3.05, 3.63) is 35.4 Å². The molecule has 0 atom stereocenters. The van der Waals surface area contributed by atoms with E-state index in [0.717, 1.165) is 23.7 Å². The van der Waals surface area contributed by atoms with Gasteiger partial charge in [0.15, 0.2) is 0 Å². The second kappa shape index (κ2) is 7.24. The number of alkyl halides is 1. The average Bonchev–Trinajstić information content (AvgIpc) is 2.55. The predicted molar refractivity (Wildman–Crippen MR) is 89.5 cm³/mol. The van der Waals surface area contributed by atoms with E-state index in [2.05, 4.69) is 27.9 Å². The summed E-state index contributed by atoms with van der Waals surface area (Å²) in [6.07, 6.45) is 4.26. The third kappa shape index (κ3) is 3.75. The lowest BCUT2D eigenvalue weighted by molar-refractivity contribution is -0.149. The van der Waals surface area contributed by atoms with E-state index >= 15 is 0 Å². The molecule has 1 amide bonds. The van der Waals surface area contributed by atoms with Crippen LogP contribution in [0, 0.1) is 0 Å². The van der Waals surface area contributed by atoms with Crippen molar-refractivity contribution < 1.29 is 14.3 Å². The second-order valence-corrected chi connectivity index (χ2v) is 6.18. The van der Waals surface area contributed by atoms with Crippen LogP contribution in [0.5, 0.6) is 0 Å². The van der Waals surface area contributed by atoms with Crippen LogP contribution in [0.25, 0.3) is 0 Å². The van der Waals surface area contributed by atoms with Crippen molar-refractivity contribution in [2.75, 3.05) is 7.11 Å². The number of benzene rings is 1. The number of rotatable bonds is 4. The lowest BCUT2D eigenvalue weighted by Crippen LogP contribution is -2.56. The highest BCUT2D eigenvalue weighted by Crippen LogP contribution is 2.29. The van der Waals surface area contributed by atoms with E-state index in [1.807, 2.05) is 12.1 Å². The third-order valence-electron chi connectivity index (χ3n) is 4.01. The zero-order valence-corrected chi connectivity index (χ0v) is 14.3. The maximum atomic E-state index is 12.4. The molecule has 0 spiro atoms. The van der Waals surface area contributed by atoms with Gasteiger partial charge in [0.1, 0.15) is 5.54 Å². The van der Waals surface area contributed by atoms with Gasteiger partial charge in [-0.2, -0.15) is 0 Å². The summed E-state index contributed by atoms with van der Waals surface area (Å²) in [7, 11) is 1.38. The molecule has 1 aromatic rings. The summed E-state index contributed by atoms with van der Waals surface area (Å²) in [5.74, 6) is -0.540. The largest absolute Gasteiger partial charge is 0.467 e. The summed E-state index contributed by atoms with van der Waals surface area (Å²) in [5.41, 5.74) is 0.899. The maximum absolute atomic E-state index is 12.4. The lowest BCUT2D eigenvalue weighted by atomic mass is 9.81. The number of esters is 1. The molecule has 1 aliphatic rings. The Labute approximate surface area is 138 Å². The molecule has 0 aliphatic heterocycles. The maximum Gasteiger partial charge on any atom is 0.331 e. The molecule has 5 heteroatoms. The standard InChI is InChI=1S/C16H20INO3/c1-21-15(20)16(9-3-2-4-10-16)18-14(19)13-7-5-12(11-17)6-8-13/h5-8H,2-4,9-11H2,1H3,(H,18,19). The number of hydrogen-bond acceptors (Lipinski definition) is 3. The fraction of sp³-hybridized carbons (Fsp3) is 0.500. The number of hydrogen-bond donors (Lipinski definition) is 1. The molecule has 0 aromatic heterocycles. The molecule has 114 valence electrons. The van der Waals surface area contributed by atoms with Crippen LogP contribution in [-0.4, -0.2) is 24.5 Å². The molecule has 1 saturated carbocycles. The van der Waals surface area contributed by atoms with Gasteiger partial charge < -0.3 is 10.1 Å². The van der Waals surface area contributed by atoms with Crippen molar-refractivity contribution in [2.24, 2.45) is 0 Å². The Morgan fingerprint density at radius 1 is 1.19 bits per heavy atom. The van der Waals surface area contributed by atoms with Gasteiger partial charge in [-0.3, -0.25) is 4.79 Å². The molecule has 0 radical (unpaired) electrons. The van der Waals surface area contributed by atoms with Crippen LogP contribution >= 0.6 is 22.6 Å². The van der Waals surface area contributed by atoms with Crippen LogP contribution in [-0.2, 0) is 14.0 Å². The number of halogens is 1. The van der Waals surface area contributed by atoms with Gasteiger partial charge in [-0.25, -0.2) is 4.79 Å². The minimum Gasteiger partial charge on any atom is -0.467 e. The Morgan fingerprint density at radius 3 is 2.33 bits per heavy atom. The Hall–Kier alpha value is -1.11. The summed E-state index contributed by atoms with van der Waals surface area (Å²) in [5, 5.41) is 2.92. The van der Waals surface area contributed by atoms with Gasteiger partial charge >= 0.3 is 5.97 Å². The number of amides is 1. The predicted octanol–water partition coefficient (Wildman–Crippen LogP) is 3.23. The van der Waals surface area contributed by atoms with Gasteiger partial charge in [-0.15, -0.1) is 0 Å². The quantitative estimate of drug-likeness (QED) is 0.479. The minimum absolute atomic E-state index is 0.206. The van der Waals surface area contributed by atoms with Crippen molar-refractivity contribution in [1.29, 1.82) is 0 Å². The summed E-state index contributed by atoms with van der Waals surface area (Å²) >= 11 is 2.28. The molecule has 4 nitrogen and oxygen atoms in total. The zero-order valence-electron chi connectivity index (χ0n) is 12.2. The van der Waals surface area contributed by atoms with Gasteiger partial charge in [-0.1, -0.05) is 54.0 Å². The molecule has 1 fully saturated rings. The Kier molecular flexibility index (Phi) is 5.61. The highest BCUT2D eigenvalue weighted by molar-refractivity contribution is 14.1. The van der Waals surface area contributed by atoms with Crippen molar-refractivity contribution in [3.63, 3.8) is 0 Å². The monoisotopic (exact) mass is 401 g/mol. The first-order valence-electron chi connectivity index (χ1n) is 7.17. The highest BCUT2D eigenvalue weighted by Gasteiger charge is 2.42. The minimum atomic E-state index is -0.855. The number of carbonyl (C=O) groups is 2. The Morgan fingerprint density at radius 2 is 1.81 bits per heavy atom. The number of nitrogens with one attached hydrogen (secondary N) is 1. The Balaban J connectivity index is 2.15. The first-order chi connectivity index (χ1) is 10.1. The summed E-state index contributed by atoms with van der Waals surface area (Å²) in [4.78, 5) is 24.5. The van der Waals surface area contributed by atoms with Gasteiger partial charge in [0.25, 0.3) is 5.91 Å². The smallest absolute Gasteiger partial charge is 0.331 e. The van der Waals surface area contributed by atoms with Gasteiger partial charge in [0.05, 0.1) is 7.11 Å². The molecule has 1 aromatic carbocycles. The van der Waals surface area contributed by atoms with Crippen LogP contribution in [0.1, 0.15) is 48.0 Å². The van der Waals surface area contributed by atoms with E-state index in [0.29, 0.717) is 18.4 Å². The van der Waals surface area contributed by atoms with Gasteiger partial charge in [0.2, 0.25) is 0 Å². The van der Waals surface area contributed by atoms with Crippen molar-refractivity contribution >= 4 is 34.5 Å². The van der Waals surface area contributed by atoms with E-state index in [9.17, 15) is 9.59 Å². The summed E-state index contributed by atoms with van der Waals surface area (Å²) < 4.78 is 5.82. The van der Waals surface area contributed by atoms with Crippen LogP contribution in [0.15, 0.2) is 24.3 Å². The van der Waals surface area contributed by atoms with Crippen LogP contribution in [0.4, 0.5) is 0 Å². The molecule has 0 heterocycles. The zero-order chi connectivity index (χ0) is 15.3. The molecule has 0 bridgehead atoms. The van der Waals surface area contributed by atoms with E-state index < -0.39 is 5.54 Å². The van der Waals surface area contributed by atoms with E-state index in [4.69, 9.17) is 4.74 Å². The van der Waals surface area contributed by atoms with E-state index in [-0.39, 0.29) is 11.9 Å². The van der Waals surface area contributed by atoms with Crippen molar-refractivity contribution in [3.8, 4) is 0 Å². The molecule has 1 N–H and O–H groups in total. The summed E-state index contributed by atoms with van der Waals surface area (Å²) in [6, 6.07) is 7.48. The molecule has 0 unspecified atom stereocenters. The molecule has 0 saturated heterocycles. The van der Waals surface area contributed by atoms with Gasteiger partial charge in [-0.05, 0) is 30.5 Å². The highest BCUT2D eigenvalue weighted by atomic mass is 127. The van der Waals surface area contributed by atoms with E-state index in [1.54, 1.807) is 12.1 Å². The lowest BCUT2D eigenvalue weighted by Gasteiger charge is -2.35. The van der Waals surface area contributed by atoms with Crippen molar-refractivity contribution in [2.45, 2.75) is 42.1 Å². The number of methoxy groups -OCH3 is 1. The molecule has 1 aliphatic carbocycles.